The minimum absolute atomic E-state index is 0.111. The fraction of sp³-hybridized carbons (Fsp3) is 0.333. The molecule has 1 aliphatic rings. The van der Waals surface area contributed by atoms with Gasteiger partial charge in [0.05, 0.1) is 11.3 Å². The molecule has 1 N–H and O–H groups in total. The summed E-state index contributed by atoms with van der Waals surface area (Å²) < 4.78 is 1.71. The topological polar surface area (TPSA) is 72.7 Å². The molecule has 0 amide bonds. The second-order valence-corrected chi connectivity index (χ2v) is 7.71. The Morgan fingerprint density at radius 2 is 1.85 bits per heavy atom. The van der Waals surface area contributed by atoms with Gasteiger partial charge in [-0.15, -0.1) is 5.10 Å². The number of anilines is 2. The first-order valence-corrected chi connectivity index (χ1v) is 9.26. The Labute approximate surface area is 158 Å². The van der Waals surface area contributed by atoms with Crippen LogP contribution in [0, 0.1) is 5.41 Å². The number of Topliss-reactive ketones (excluding diaryl/α,β-unsaturated/α-hetero) is 1. The Hall–Kier alpha value is -3.02. The van der Waals surface area contributed by atoms with E-state index < -0.39 is 0 Å². The molecule has 2 aromatic heterocycles. The number of carbonyl (C=O) groups is 1. The number of aryl methyl sites for hydroxylation is 1. The van der Waals surface area contributed by atoms with Gasteiger partial charge in [0.25, 0.3) is 5.95 Å². The van der Waals surface area contributed by atoms with Crippen molar-refractivity contribution in [2.24, 2.45) is 5.41 Å². The first-order valence-electron chi connectivity index (χ1n) is 9.26. The van der Waals surface area contributed by atoms with Crippen LogP contribution in [0.3, 0.4) is 0 Å². The number of rotatable bonds is 4. The average molecular weight is 361 g/mol. The maximum atomic E-state index is 13.0. The van der Waals surface area contributed by atoms with E-state index in [0.717, 1.165) is 24.2 Å². The molecule has 0 atom stereocenters. The number of para-hydroxylation sites is 1. The predicted molar refractivity (Wildman–Crippen MR) is 105 cm³/mol. The summed E-state index contributed by atoms with van der Waals surface area (Å²) in [7, 11) is 0. The number of carbonyl (C=O) groups excluding carboxylic acids is 1. The van der Waals surface area contributed by atoms with Gasteiger partial charge in [0, 0.05) is 24.5 Å². The Kier molecular flexibility index (Phi) is 4.26. The van der Waals surface area contributed by atoms with Crippen LogP contribution in [0.4, 0.5) is 11.5 Å². The summed E-state index contributed by atoms with van der Waals surface area (Å²) >= 11 is 0. The summed E-state index contributed by atoms with van der Waals surface area (Å²) in [6.45, 7) is 6.33. The van der Waals surface area contributed by atoms with Crippen LogP contribution in [0.1, 0.15) is 48.8 Å². The van der Waals surface area contributed by atoms with E-state index >= 15 is 0 Å². The summed E-state index contributed by atoms with van der Waals surface area (Å²) in [5, 5.41) is 8.10. The summed E-state index contributed by atoms with van der Waals surface area (Å²) in [6, 6.07) is 9.86. The molecule has 3 aromatic rings. The van der Waals surface area contributed by atoms with Gasteiger partial charge in [-0.05, 0) is 36.0 Å². The molecule has 1 aromatic carbocycles. The van der Waals surface area contributed by atoms with Crippen LogP contribution in [0.5, 0.6) is 0 Å². The van der Waals surface area contributed by atoms with Crippen LogP contribution in [-0.2, 0) is 12.8 Å². The number of aromatic nitrogens is 4. The van der Waals surface area contributed by atoms with E-state index in [1.165, 1.54) is 5.56 Å². The summed E-state index contributed by atoms with van der Waals surface area (Å²) in [6.07, 6.45) is 5.52. The van der Waals surface area contributed by atoms with Crippen molar-refractivity contribution in [3.05, 3.63) is 59.5 Å². The first-order chi connectivity index (χ1) is 13.0. The maximum Gasteiger partial charge on any atom is 0.250 e. The molecule has 0 radical (unpaired) electrons. The fourth-order valence-electron chi connectivity index (χ4n) is 3.68. The van der Waals surface area contributed by atoms with Crippen LogP contribution in [0.2, 0.25) is 0 Å². The highest BCUT2D eigenvalue weighted by Crippen LogP contribution is 2.39. The molecule has 1 aliphatic carbocycles. The van der Waals surface area contributed by atoms with Crippen molar-refractivity contribution in [3.8, 4) is 5.95 Å². The van der Waals surface area contributed by atoms with Gasteiger partial charge in [-0.25, -0.2) is 14.6 Å². The largest absolute Gasteiger partial charge is 0.338 e. The van der Waals surface area contributed by atoms with Gasteiger partial charge in [-0.3, -0.25) is 4.79 Å². The molecule has 6 heteroatoms. The van der Waals surface area contributed by atoms with E-state index in [1.807, 2.05) is 18.2 Å². The third kappa shape index (κ3) is 3.23. The number of ketones is 1. The maximum absolute atomic E-state index is 13.0. The van der Waals surface area contributed by atoms with Crippen LogP contribution in [-0.4, -0.2) is 25.5 Å². The summed E-state index contributed by atoms with van der Waals surface area (Å²) in [5.41, 5.74) is 3.57. The predicted octanol–water partition coefficient (Wildman–Crippen LogP) is 4.12. The lowest BCUT2D eigenvalue weighted by molar-refractivity contribution is 0.0911. The van der Waals surface area contributed by atoms with E-state index in [0.29, 0.717) is 23.8 Å². The van der Waals surface area contributed by atoms with Gasteiger partial charge >= 0.3 is 0 Å². The number of nitrogens with one attached hydrogen (secondary N) is 1. The number of hydrogen-bond donors (Lipinski definition) is 1. The Morgan fingerprint density at radius 3 is 2.59 bits per heavy atom. The number of nitrogens with zero attached hydrogens (tertiary/aromatic N) is 4. The van der Waals surface area contributed by atoms with E-state index in [9.17, 15) is 4.79 Å². The zero-order valence-corrected chi connectivity index (χ0v) is 15.9. The third-order valence-electron chi connectivity index (χ3n) is 4.94. The third-order valence-corrected chi connectivity index (χ3v) is 4.94. The molecule has 0 spiro atoms. The Morgan fingerprint density at radius 1 is 1.11 bits per heavy atom. The van der Waals surface area contributed by atoms with Crippen molar-refractivity contribution < 1.29 is 4.79 Å². The van der Waals surface area contributed by atoms with Gasteiger partial charge < -0.3 is 5.32 Å². The second-order valence-electron chi connectivity index (χ2n) is 7.71. The average Bonchev–Trinajstić information content (AvgIpc) is 3.00. The van der Waals surface area contributed by atoms with Crippen LogP contribution >= 0.6 is 0 Å². The molecule has 0 saturated heterocycles. The van der Waals surface area contributed by atoms with Crippen molar-refractivity contribution in [1.82, 2.24) is 19.7 Å². The van der Waals surface area contributed by atoms with Gasteiger partial charge in [-0.1, -0.05) is 39.0 Å². The monoisotopic (exact) mass is 361 g/mol. The number of fused-ring (bicyclic) bond motifs is 1. The first kappa shape index (κ1) is 17.4. The summed E-state index contributed by atoms with van der Waals surface area (Å²) in [5.74, 6) is 1.18. The Bertz CT molecular complexity index is 991. The normalized spacial score (nSPS) is 15.4. The second kappa shape index (κ2) is 6.61. The van der Waals surface area contributed by atoms with Crippen molar-refractivity contribution in [3.63, 3.8) is 0 Å². The molecule has 4 rings (SSSR count). The fourth-order valence-corrected chi connectivity index (χ4v) is 3.68. The van der Waals surface area contributed by atoms with E-state index in [4.69, 9.17) is 5.10 Å². The zero-order chi connectivity index (χ0) is 19.0. The molecule has 138 valence electrons. The highest BCUT2D eigenvalue weighted by molar-refractivity contribution is 6.03. The number of hydrogen-bond acceptors (Lipinski definition) is 5. The summed E-state index contributed by atoms with van der Waals surface area (Å²) in [4.78, 5) is 21.6. The molecule has 0 bridgehead atoms. The quantitative estimate of drug-likeness (QED) is 0.757. The lowest BCUT2D eigenvalue weighted by Gasteiger charge is -2.28. The highest BCUT2D eigenvalue weighted by atomic mass is 16.1. The molecular formula is C21H23N5O. The molecule has 2 heterocycles. The molecule has 27 heavy (non-hydrogen) atoms. The molecule has 6 nitrogen and oxygen atoms in total. The highest BCUT2D eigenvalue weighted by Gasteiger charge is 2.37. The van der Waals surface area contributed by atoms with E-state index in [2.05, 4.69) is 42.1 Å². The molecule has 0 saturated carbocycles. The van der Waals surface area contributed by atoms with Crippen molar-refractivity contribution >= 4 is 17.3 Å². The number of benzene rings is 1. The van der Waals surface area contributed by atoms with E-state index in [-0.39, 0.29) is 11.2 Å². The molecule has 0 aliphatic heterocycles. The lowest BCUT2D eigenvalue weighted by Crippen LogP contribution is -2.28. The van der Waals surface area contributed by atoms with Crippen molar-refractivity contribution in [1.29, 1.82) is 0 Å². The molecule has 0 unspecified atom stereocenters. The minimum Gasteiger partial charge on any atom is -0.338 e. The lowest BCUT2D eigenvalue weighted by atomic mass is 9.76. The van der Waals surface area contributed by atoms with Crippen molar-refractivity contribution in [2.75, 3.05) is 5.32 Å². The van der Waals surface area contributed by atoms with Gasteiger partial charge in [0.1, 0.15) is 0 Å². The van der Waals surface area contributed by atoms with Crippen LogP contribution in [0.15, 0.2) is 42.7 Å². The van der Waals surface area contributed by atoms with E-state index in [1.54, 1.807) is 23.1 Å². The minimum atomic E-state index is -0.116. The van der Waals surface area contributed by atoms with Crippen LogP contribution < -0.4 is 5.32 Å². The van der Waals surface area contributed by atoms with Crippen LogP contribution in [0.25, 0.3) is 5.95 Å². The Balaban J connectivity index is 1.86. The molecular weight excluding hydrogens is 338 g/mol. The van der Waals surface area contributed by atoms with Crippen molar-refractivity contribution in [2.45, 2.75) is 40.0 Å². The standard InChI is InChI=1S/C21H23N5O/c1-4-14-8-5-6-9-15(14)24-19-18-16(12-21(2,3)13-17(18)27)26(25-19)20-22-10-7-11-23-20/h5-11H,4,12-13H2,1-3H3,(H,24,25). The van der Waals surface area contributed by atoms with Gasteiger partial charge in [-0.2, -0.15) is 0 Å². The SMILES string of the molecule is CCc1ccccc1Nc1nn(-c2ncccn2)c2c1C(=O)CC(C)(C)C2. The smallest absolute Gasteiger partial charge is 0.250 e. The zero-order valence-electron chi connectivity index (χ0n) is 15.9. The van der Waals surface area contributed by atoms with Gasteiger partial charge in [0.2, 0.25) is 0 Å². The molecule has 0 fully saturated rings. The van der Waals surface area contributed by atoms with Gasteiger partial charge in [0.15, 0.2) is 11.6 Å².